The lowest BCUT2D eigenvalue weighted by molar-refractivity contribution is 0.0697. The molecule has 0 aliphatic heterocycles. The van der Waals surface area contributed by atoms with Crippen LogP contribution >= 0.6 is 0 Å². The van der Waals surface area contributed by atoms with Crippen LogP contribution in [0.25, 0.3) is 0 Å². The summed E-state index contributed by atoms with van der Waals surface area (Å²) in [6.07, 6.45) is 5.45. The third kappa shape index (κ3) is 4.06. The van der Waals surface area contributed by atoms with Crippen LogP contribution < -0.4 is 5.32 Å². The van der Waals surface area contributed by atoms with Gasteiger partial charge in [0.2, 0.25) is 0 Å². The van der Waals surface area contributed by atoms with Crippen molar-refractivity contribution in [2.24, 2.45) is 11.8 Å². The van der Waals surface area contributed by atoms with Crippen molar-refractivity contribution in [1.82, 2.24) is 5.32 Å². The number of hydrogen-bond donors (Lipinski definition) is 2. The second-order valence-corrected chi connectivity index (χ2v) is 5.65. The smallest absolute Gasteiger partial charge is 0.335 e. The Morgan fingerprint density at radius 1 is 1.26 bits per heavy atom. The topological polar surface area (TPSA) is 49.3 Å². The number of carbonyl (C=O) groups is 1. The predicted molar refractivity (Wildman–Crippen MR) is 76.2 cm³/mol. The summed E-state index contributed by atoms with van der Waals surface area (Å²) in [5.74, 6) is 0.762. The van der Waals surface area contributed by atoms with Gasteiger partial charge in [0.25, 0.3) is 0 Å². The fourth-order valence-electron chi connectivity index (χ4n) is 2.86. The zero-order valence-corrected chi connectivity index (χ0v) is 11.6. The number of nitrogens with one attached hydrogen (secondary N) is 1. The van der Waals surface area contributed by atoms with E-state index in [-0.39, 0.29) is 0 Å². The van der Waals surface area contributed by atoms with Gasteiger partial charge in [-0.2, -0.15) is 0 Å². The molecule has 0 heterocycles. The molecule has 3 nitrogen and oxygen atoms in total. The van der Waals surface area contributed by atoms with Gasteiger partial charge < -0.3 is 10.4 Å². The highest BCUT2D eigenvalue weighted by atomic mass is 16.4. The van der Waals surface area contributed by atoms with E-state index < -0.39 is 5.97 Å². The molecule has 1 aromatic rings. The minimum absolute atomic E-state index is 0.352. The molecular weight excluding hydrogens is 238 g/mol. The van der Waals surface area contributed by atoms with Crippen molar-refractivity contribution in [2.45, 2.75) is 39.2 Å². The lowest BCUT2D eigenvalue weighted by Crippen LogP contribution is -2.29. The van der Waals surface area contributed by atoms with Crippen LogP contribution in [0, 0.1) is 11.8 Å². The van der Waals surface area contributed by atoms with Crippen molar-refractivity contribution in [3.63, 3.8) is 0 Å². The maximum absolute atomic E-state index is 10.8. The quantitative estimate of drug-likeness (QED) is 0.855. The minimum Gasteiger partial charge on any atom is -0.478 e. The number of carboxylic acids is 1. The zero-order chi connectivity index (χ0) is 13.7. The van der Waals surface area contributed by atoms with Gasteiger partial charge in [0.05, 0.1) is 5.56 Å². The number of rotatable bonds is 5. The summed E-state index contributed by atoms with van der Waals surface area (Å²) in [7, 11) is 0. The Morgan fingerprint density at radius 2 is 1.95 bits per heavy atom. The monoisotopic (exact) mass is 261 g/mol. The first-order valence-corrected chi connectivity index (χ1v) is 7.20. The number of carboxylic acid groups (broad SMARTS) is 1. The first-order valence-electron chi connectivity index (χ1n) is 7.20. The molecule has 1 fully saturated rings. The molecule has 0 bridgehead atoms. The van der Waals surface area contributed by atoms with Crippen molar-refractivity contribution < 1.29 is 9.90 Å². The summed E-state index contributed by atoms with van der Waals surface area (Å²) in [6, 6.07) is 7.12. The van der Waals surface area contributed by atoms with Crippen molar-refractivity contribution in [3.05, 3.63) is 35.4 Å². The third-order valence-corrected chi connectivity index (χ3v) is 4.23. The Morgan fingerprint density at radius 3 is 2.58 bits per heavy atom. The van der Waals surface area contributed by atoms with Gasteiger partial charge in [0.1, 0.15) is 0 Å². The summed E-state index contributed by atoms with van der Waals surface area (Å²) < 4.78 is 0. The van der Waals surface area contributed by atoms with E-state index in [1.807, 2.05) is 12.1 Å². The molecule has 1 aliphatic carbocycles. The maximum atomic E-state index is 10.8. The zero-order valence-electron chi connectivity index (χ0n) is 11.6. The van der Waals surface area contributed by atoms with Gasteiger partial charge in [0, 0.05) is 6.54 Å². The summed E-state index contributed by atoms with van der Waals surface area (Å²) in [5.41, 5.74) is 1.50. The molecule has 1 aliphatic rings. The number of aromatic carboxylic acids is 1. The van der Waals surface area contributed by atoms with E-state index in [9.17, 15) is 4.79 Å². The highest BCUT2D eigenvalue weighted by molar-refractivity contribution is 5.87. The standard InChI is InChI=1S/C16H23NO2/c1-12-4-2-3-5-15(12)11-17-10-13-6-8-14(9-7-13)16(18)19/h6-9,12,15,17H,2-5,10-11H2,1H3,(H,18,19). The average molecular weight is 261 g/mol. The van der Waals surface area contributed by atoms with Crippen LogP contribution in [-0.2, 0) is 6.54 Å². The van der Waals surface area contributed by atoms with Crippen molar-refractivity contribution in [3.8, 4) is 0 Å². The highest BCUT2D eigenvalue weighted by Crippen LogP contribution is 2.28. The molecule has 19 heavy (non-hydrogen) atoms. The van der Waals surface area contributed by atoms with Crippen LogP contribution in [0.5, 0.6) is 0 Å². The van der Waals surface area contributed by atoms with Crippen molar-refractivity contribution >= 4 is 5.97 Å². The number of benzene rings is 1. The van der Waals surface area contributed by atoms with Crippen LogP contribution in [0.3, 0.4) is 0 Å². The summed E-state index contributed by atoms with van der Waals surface area (Å²) in [5, 5.41) is 12.3. The molecule has 0 saturated heterocycles. The van der Waals surface area contributed by atoms with Crippen LogP contribution in [0.15, 0.2) is 24.3 Å². The van der Waals surface area contributed by atoms with Gasteiger partial charge in [0.15, 0.2) is 0 Å². The van der Waals surface area contributed by atoms with Crippen LogP contribution in [0.1, 0.15) is 48.5 Å². The second-order valence-electron chi connectivity index (χ2n) is 5.65. The normalized spacial score (nSPS) is 23.2. The molecule has 3 heteroatoms. The Kier molecular flexibility index (Phi) is 4.97. The molecule has 2 N–H and O–H groups in total. The molecule has 0 spiro atoms. The largest absolute Gasteiger partial charge is 0.478 e. The maximum Gasteiger partial charge on any atom is 0.335 e. The first-order chi connectivity index (χ1) is 9.16. The molecule has 0 amide bonds. The van der Waals surface area contributed by atoms with E-state index in [2.05, 4.69) is 12.2 Å². The van der Waals surface area contributed by atoms with Crippen molar-refractivity contribution in [1.29, 1.82) is 0 Å². The van der Waals surface area contributed by atoms with Crippen LogP contribution in [0.2, 0.25) is 0 Å². The lowest BCUT2D eigenvalue weighted by atomic mass is 9.80. The third-order valence-electron chi connectivity index (χ3n) is 4.23. The predicted octanol–water partition coefficient (Wildman–Crippen LogP) is 3.30. The van der Waals surface area contributed by atoms with E-state index in [0.717, 1.165) is 30.5 Å². The van der Waals surface area contributed by atoms with E-state index >= 15 is 0 Å². The van der Waals surface area contributed by atoms with Gasteiger partial charge in [-0.3, -0.25) is 0 Å². The molecular formula is C16H23NO2. The van der Waals surface area contributed by atoms with E-state index in [4.69, 9.17) is 5.11 Å². The second kappa shape index (κ2) is 6.71. The summed E-state index contributed by atoms with van der Waals surface area (Å²) in [6.45, 7) is 4.25. The fourth-order valence-corrected chi connectivity index (χ4v) is 2.86. The molecule has 1 saturated carbocycles. The summed E-state index contributed by atoms with van der Waals surface area (Å²) >= 11 is 0. The van der Waals surface area contributed by atoms with Gasteiger partial charge >= 0.3 is 5.97 Å². The Balaban J connectivity index is 1.77. The fraction of sp³-hybridized carbons (Fsp3) is 0.562. The Hall–Kier alpha value is -1.35. The average Bonchev–Trinajstić information content (AvgIpc) is 2.41. The Labute approximate surface area is 115 Å². The lowest BCUT2D eigenvalue weighted by Gasteiger charge is -2.28. The van der Waals surface area contributed by atoms with Crippen LogP contribution in [0.4, 0.5) is 0 Å². The Bertz CT molecular complexity index is 413. The van der Waals surface area contributed by atoms with Gasteiger partial charge in [-0.05, 0) is 42.5 Å². The molecule has 1 aromatic carbocycles. The number of hydrogen-bond acceptors (Lipinski definition) is 2. The van der Waals surface area contributed by atoms with E-state index in [1.165, 1.54) is 25.7 Å². The van der Waals surface area contributed by atoms with Crippen LogP contribution in [-0.4, -0.2) is 17.6 Å². The van der Waals surface area contributed by atoms with Gasteiger partial charge in [-0.25, -0.2) is 4.79 Å². The molecule has 2 atom stereocenters. The highest BCUT2D eigenvalue weighted by Gasteiger charge is 2.20. The summed E-state index contributed by atoms with van der Waals surface area (Å²) in [4.78, 5) is 10.8. The SMILES string of the molecule is CC1CCCCC1CNCc1ccc(C(=O)O)cc1. The van der Waals surface area contributed by atoms with E-state index in [1.54, 1.807) is 12.1 Å². The first kappa shape index (κ1) is 14.1. The molecule has 0 radical (unpaired) electrons. The van der Waals surface area contributed by atoms with E-state index in [0.29, 0.717) is 5.56 Å². The minimum atomic E-state index is -0.865. The molecule has 104 valence electrons. The van der Waals surface area contributed by atoms with Gasteiger partial charge in [-0.1, -0.05) is 38.3 Å². The van der Waals surface area contributed by atoms with Crippen molar-refractivity contribution in [2.75, 3.05) is 6.54 Å². The van der Waals surface area contributed by atoms with Gasteiger partial charge in [-0.15, -0.1) is 0 Å². The molecule has 0 aromatic heterocycles. The molecule has 2 unspecified atom stereocenters. The molecule has 2 rings (SSSR count).